The average Bonchev–Trinajstić information content (AvgIpc) is 3.35. The van der Waals surface area contributed by atoms with E-state index >= 15 is 0 Å². The van der Waals surface area contributed by atoms with E-state index < -0.39 is 0 Å². The number of aromatic nitrogens is 4. The Morgan fingerprint density at radius 2 is 1.92 bits per heavy atom. The van der Waals surface area contributed by atoms with Crippen LogP contribution >= 0.6 is 0 Å². The van der Waals surface area contributed by atoms with Crippen molar-refractivity contribution in [2.24, 2.45) is 0 Å². The standard InChI is InChI=1S/C19H17N5O2/c25-10-9-22-19(26)12-5-6-15-16(11-12)24-18(23-15)14-4-2-1-3-13(14)17-20-7-8-21-17/h1-8,11,25H,9-10H2,(H,20,21)(H,22,26)(H,23,24). The molecule has 0 spiro atoms. The lowest BCUT2D eigenvalue weighted by atomic mass is 10.1. The molecular formula is C19H17N5O2. The Morgan fingerprint density at radius 3 is 2.65 bits per heavy atom. The van der Waals surface area contributed by atoms with Gasteiger partial charge in [-0.05, 0) is 18.2 Å². The molecule has 2 aromatic carbocycles. The number of nitrogens with zero attached hydrogens (tertiary/aromatic N) is 2. The monoisotopic (exact) mass is 347 g/mol. The van der Waals surface area contributed by atoms with Crippen LogP contribution in [-0.4, -0.2) is 44.1 Å². The molecule has 7 nitrogen and oxygen atoms in total. The van der Waals surface area contributed by atoms with E-state index in [1.807, 2.05) is 24.3 Å². The summed E-state index contributed by atoms with van der Waals surface area (Å²) in [6, 6.07) is 13.1. The van der Waals surface area contributed by atoms with Gasteiger partial charge in [-0.1, -0.05) is 24.3 Å². The molecular weight excluding hydrogens is 330 g/mol. The zero-order chi connectivity index (χ0) is 17.9. The Kier molecular flexibility index (Phi) is 4.20. The summed E-state index contributed by atoms with van der Waals surface area (Å²) >= 11 is 0. The van der Waals surface area contributed by atoms with Crippen molar-refractivity contribution in [3.8, 4) is 22.8 Å². The smallest absolute Gasteiger partial charge is 0.251 e. The number of hydrogen-bond acceptors (Lipinski definition) is 4. The normalized spacial score (nSPS) is 11.0. The number of H-pyrrole nitrogens is 2. The van der Waals surface area contributed by atoms with Crippen LogP contribution in [0.2, 0.25) is 0 Å². The van der Waals surface area contributed by atoms with Crippen molar-refractivity contribution in [3.63, 3.8) is 0 Å². The van der Waals surface area contributed by atoms with Crippen LogP contribution in [0.4, 0.5) is 0 Å². The van der Waals surface area contributed by atoms with Gasteiger partial charge in [0.25, 0.3) is 5.91 Å². The Balaban J connectivity index is 1.74. The van der Waals surface area contributed by atoms with Gasteiger partial charge in [0.1, 0.15) is 11.6 Å². The van der Waals surface area contributed by atoms with Crippen LogP contribution in [0, 0.1) is 0 Å². The van der Waals surface area contributed by atoms with Crippen LogP contribution < -0.4 is 5.32 Å². The van der Waals surface area contributed by atoms with E-state index in [-0.39, 0.29) is 19.1 Å². The molecule has 4 aromatic rings. The number of fused-ring (bicyclic) bond motifs is 1. The molecule has 0 aliphatic heterocycles. The molecule has 7 heteroatoms. The summed E-state index contributed by atoms with van der Waals surface area (Å²) in [5.74, 6) is 1.25. The van der Waals surface area contributed by atoms with Gasteiger partial charge in [0.05, 0.1) is 17.6 Å². The van der Waals surface area contributed by atoms with Crippen LogP contribution in [0.25, 0.3) is 33.8 Å². The highest BCUT2D eigenvalue weighted by Crippen LogP contribution is 2.29. The quantitative estimate of drug-likeness (QED) is 0.444. The lowest BCUT2D eigenvalue weighted by Gasteiger charge is -2.04. The number of aromatic amines is 2. The number of imidazole rings is 2. The third kappa shape index (κ3) is 2.96. The molecule has 4 N–H and O–H groups in total. The molecule has 0 aliphatic rings. The van der Waals surface area contributed by atoms with Crippen molar-refractivity contribution < 1.29 is 9.90 Å². The Morgan fingerprint density at radius 1 is 1.12 bits per heavy atom. The van der Waals surface area contributed by atoms with Gasteiger partial charge >= 0.3 is 0 Å². The maximum absolute atomic E-state index is 12.1. The molecule has 0 aliphatic carbocycles. The molecule has 0 saturated heterocycles. The predicted molar refractivity (Wildman–Crippen MR) is 98.5 cm³/mol. The Labute approximate surface area is 149 Å². The van der Waals surface area contributed by atoms with E-state index in [4.69, 9.17) is 5.11 Å². The van der Waals surface area contributed by atoms with E-state index in [9.17, 15) is 4.79 Å². The minimum absolute atomic E-state index is 0.0915. The lowest BCUT2D eigenvalue weighted by Crippen LogP contribution is -2.26. The second kappa shape index (κ2) is 6.81. The molecule has 0 bridgehead atoms. The maximum atomic E-state index is 12.1. The van der Waals surface area contributed by atoms with Crippen molar-refractivity contribution in [3.05, 3.63) is 60.4 Å². The van der Waals surface area contributed by atoms with Crippen molar-refractivity contribution >= 4 is 16.9 Å². The molecule has 1 amide bonds. The van der Waals surface area contributed by atoms with Crippen molar-refractivity contribution in [1.82, 2.24) is 25.3 Å². The third-order valence-electron chi connectivity index (χ3n) is 4.08. The number of hydrogen-bond donors (Lipinski definition) is 4. The minimum Gasteiger partial charge on any atom is -0.395 e. The zero-order valence-electron chi connectivity index (χ0n) is 13.9. The van der Waals surface area contributed by atoms with Crippen molar-refractivity contribution in [2.45, 2.75) is 0 Å². The fourth-order valence-electron chi connectivity index (χ4n) is 2.86. The van der Waals surface area contributed by atoms with Crippen LogP contribution in [0.15, 0.2) is 54.9 Å². The van der Waals surface area contributed by atoms with Gasteiger partial charge in [0.2, 0.25) is 0 Å². The van der Waals surface area contributed by atoms with Gasteiger partial charge in [-0.3, -0.25) is 4.79 Å². The number of nitrogens with one attached hydrogen (secondary N) is 3. The number of aliphatic hydroxyl groups is 1. The van der Waals surface area contributed by atoms with Crippen molar-refractivity contribution in [2.75, 3.05) is 13.2 Å². The first kappa shape index (κ1) is 16.0. The summed E-state index contributed by atoms with van der Waals surface area (Å²) in [5, 5.41) is 11.5. The molecule has 2 aromatic heterocycles. The van der Waals surface area contributed by atoms with Gasteiger partial charge in [0.15, 0.2) is 0 Å². The number of carbonyl (C=O) groups excluding carboxylic acids is 1. The first-order valence-corrected chi connectivity index (χ1v) is 8.24. The van der Waals surface area contributed by atoms with E-state index in [1.54, 1.807) is 30.6 Å². The summed E-state index contributed by atoms with van der Waals surface area (Å²) in [6.07, 6.45) is 3.49. The number of benzene rings is 2. The largest absolute Gasteiger partial charge is 0.395 e. The molecule has 0 fully saturated rings. The van der Waals surface area contributed by atoms with Crippen LogP contribution in [-0.2, 0) is 0 Å². The SMILES string of the molecule is O=C(NCCO)c1ccc2nc(-c3ccccc3-c3ncc[nH]3)[nH]c2c1. The molecule has 0 atom stereocenters. The Hall–Kier alpha value is -3.45. The summed E-state index contributed by atoms with van der Waals surface area (Å²) in [5.41, 5.74) is 3.92. The summed E-state index contributed by atoms with van der Waals surface area (Å²) in [7, 11) is 0. The Bertz CT molecular complexity index is 1050. The van der Waals surface area contributed by atoms with Gasteiger partial charge in [-0.25, -0.2) is 9.97 Å². The number of aliphatic hydroxyl groups excluding tert-OH is 1. The van der Waals surface area contributed by atoms with Crippen LogP contribution in [0.3, 0.4) is 0 Å². The lowest BCUT2D eigenvalue weighted by molar-refractivity contribution is 0.0945. The first-order valence-electron chi connectivity index (χ1n) is 8.24. The topological polar surface area (TPSA) is 107 Å². The highest BCUT2D eigenvalue weighted by atomic mass is 16.3. The van der Waals surface area contributed by atoms with Crippen LogP contribution in [0.1, 0.15) is 10.4 Å². The molecule has 2 heterocycles. The van der Waals surface area contributed by atoms with Crippen molar-refractivity contribution in [1.29, 1.82) is 0 Å². The van der Waals surface area contributed by atoms with E-state index in [0.717, 1.165) is 28.0 Å². The zero-order valence-corrected chi connectivity index (χ0v) is 13.9. The third-order valence-corrected chi connectivity index (χ3v) is 4.08. The molecule has 0 saturated carbocycles. The highest BCUT2D eigenvalue weighted by Gasteiger charge is 2.13. The van der Waals surface area contributed by atoms with Gasteiger partial charge in [-0.2, -0.15) is 0 Å². The highest BCUT2D eigenvalue weighted by molar-refractivity contribution is 5.97. The van der Waals surface area contributed by atoms with Gasteiger partial charge < -0.3 is 20.4 Å². The fraction of sp³-hybridized carbons (Fsp3) is 0.105. The fourth-order valence-corrected chi connectivity index (χ4v) is 2.86. The molecule has 0 unspecified atom stereocenters. The van der Waals surface area contributed by atoms with E-state index in [0.29, 0.717) is 11.4 Å². The van der Waals surface area contributed by atoms with Crippen LogP contribution in [0.5, 0.6) is 0 Å². The second-order valence-corrected chi connectivity index (χ2v) is 5.78. The molecule has 130 valence electrons. The summed E-state index contributed by atoms with van der Waals surface area (Å²) < 4.78 is 0. The number of rotatable bonds is 5. The predicted octanol–water partition coefficient (Wildman–Crippen LogP) is 2.34. The molecule has 0 radical (unpaired) electrons. The average molecular weight is 347 g/mol. The van der Waals surface area contributed by atoms with E-state index in [1.165, 1.54) is 0 Å². The second-order valence-electron chi connectivity index (χ2n) is 5.78. The molecule has 4 rings (SSSR count). The maximum Gasteiger partial charge on any atom is 0.251 e. The number of amides is 1. The van der Waals surface area contributed by atoms with E-state index in [2.05, 4.69) is 25.3 Å². The van der Waals surface area contributed by atoms with Gasteiger partial charge in [-0.15, -0.1) is 0 Å². The summed E-state index contributed by atoms with van der Waals surface area (Å²) in [6.45, 7) is 0.132. The number of carbonyl (C=O) groups is 1. The first-order chi connectivity index (χ1) is 12.8. The minimum atomic E-state index is -0.229. The van der Waals surface area contributed by atoms with Gasteiger partial charge in [0, 0.05) is 35.6 Å². The summed E-state index contributed by atoms with van der Waals surface area (Å²) in [4.78, 5) is 27.4. The molecule has 26 heavy (non-hydrogen) atoms.